The highest BCUT2D eigenvalue weighted by molar-refractivity contribution is 5.87. The maximum atomic E-state index is 4.12. The van der Waals surface area contributed by atoms with Gasteiger partial charge < -0.3 is 0 Å². The van der Waals surface area contributed by atoms with Crippen LogP contribution in [-0.2, 0) is 0 Å². The molecule has 0 aliphatic carbocycles. The van der Waals surface area contributed by atoms with E-state index < -0.39 is 0 Å². The van der Waals surface area contributed by atoms with Gasteiger partial charge in [0.2, 0.25) is 0 Å². The minimum Gasteiger partial charge on any atom is -0.264 e. The van der Waals surface area contributed by atoms with Gasteiger partial charge in [-0.25, -0.2) is 0 Å². The molecule has 1 heterocycles. The quantitative estimate of drug-likeness (QED) is 0.675. The summed E-state index contributed by atoms with van der Waals surface area (Å²) in [4.78, 5) is 4.12. The second-order valence-corrected chi connectivity index (χ2v) is 3.68. The monoisotopic (exact) mass is 209 g/mol. The number of hydrogen-bond donors (Lipinski definition) is 0. The molecule has 0 aliphatic rings. The number of rotatable bonds is 2. The van der Waals surface area contributed by atoms with E-state index in [0.29, 0.717) is 0 Å². The van der Waals surface area contributed by atoms with Gasteiger partial charge in [-0.2, -0.15) is 0 Å². The van der Waals surface area contributed by atoms with Crippen molar-refractivity contribution in [3.8, 4) is 0 Å². The van der Waals surface area contributed by atoms with Crippen molar-refractivity contribution in [1.29, 1.82) is 0 Å². The molecule has 0 saturated carbocycles. The molecule has 0 radical (unpaired) electrons. The fourth-order valence-corrected chi connectivity index (χ4v) is 1.80. The zero-order valence-corrected chi connectivity index (χ0v) is 9.64. The van der Waals surface area contributed by atoms with E-state index in [0.717, 1.165) is 0 Å². The largest absolute Gasteiger partial charge is 0.264 e. The van der Waals surface area contributed by atoms with Crippen LogP contribution in [0, 0.1) is 0 Å². The van der Waals surface area contributed by atoms with Crippen LogP contribution in [0.4, 0.5) is 0 Å². The summed E-state index contributed by atoms with van der Waals surface area (Å²) < 4.78 is 0. The first kappa shape index (κ1) is 10.6. The molecule has 2 rings (SSSR count). The molecule has 0 spiro atoms. The number of benzene rings is 1. The Morgan fingerprint density at radius 3 is 2.75 bits per heavy atom. The number of hydrogen-bond acceptors (Lipinski definition) is 1. The highest BCUT2D eigenvalue weighted by Crippen LogP contribution is 2.21. The second kappa shape index (κ2) is 4.75. The van der Waals surface area contributed by atoms with Crippen molar-refractivity contribution < 1.29 is 0 Å². The van der Waals surface area contributed by atoms with Crippen LogP contribution in [0.3, 0.4) is 0 Å². The molecule has 16 heavy (non-hydrogen) atoms. The van der Waals surface area contributed by atoms with E-state index in [4.69, 9.17) is 0 Å². The lowest BCUT2D eigenvalue weighted by molar-refractivity contribution is 1.36. The molecule has 0 unspecified atom stereocenters. The predicted octanol–water partition coefficient (Wildman–Crippen LogP) is 4.21. The van der Waals surface area contributed by atoms with E-state index in [9.17, 15) is 0 Å². The van der Waals surface area contributed by atoms with Crippen LogP contribution in [0.1, 0.15) is 19.4 Å². The first-order valence-corrected chi connectivity index (χ1v) is 5.48. The van der Waals surface area contributed by atoms with Crippen molar-refractivity contribution in [3.05, 3.63) is 60.5 Å². The molecule has 0 fully saturated rings. The minimum absolute atomic E-state index is 1.18. The van der Waals surface area contributed by atoms with Gasteiger partial charge in [-0.3, -0.25) is 4.98 Å². The summed E-state index contributed by atoms with van der Waals surface area (Å²) in [5, 5.41) is 2.42. The van der Waals surface area contributed by atoms with Crippen LogP contribution in [0.5, 0.6) is 0 Å². The highest BCUT2D eigenvalue weighted by Gasteiger charge is 1.98. The number of pyridine rings is 1. The van der Waals surface area contributed by atoms with Crippen LogP contribution < -0.4 is 0 Å². The third kappa shape index (κ3) is 2.03. The molecule has 0 bridgehead atoms. The maximum Gasteiger partial charge on any atom is 0.0346 e. The van der Waals surface area contributed by atoms with Crippen molar-refractivity contribution in [2.45, 2.75) is 13.8 Å². The lowest BCUT2D eigenvalue weighted by atomic mass is 10.0. The summed E-state index contributed by atoms with van der Waals surface area (Å²) in [6, 6.07) is 8.50. The number of aromatic nitrogens is 1. The predicted molar refractivity (Wildman–Crippen MR) is 70.2 cm³/mol. The van der Waals surface area contributed by atoms with Crippen LogP contribution >= 0.6 is 0 Å². The van der Waals surface area contributed by atoms with E-state index in [-0.39, 0.29) is 0 Å². The molecule has 80 valence electrons. The van der Waals surface area contributed by atoms with Crippen molar-refractivity contribution >= 4 is 16.3 Å². The first-order chi connectivity index (χ1) is 7.85. The van der Waals surface area contributed by atoms with Gasteiger partial charge in [0.05, 0.1) is 0 Å². The Morgan fingerprint density at radius 1 is 1.12 bits per heavy atom. The zero-order chi connectivity index (χ0) is 11.4. The topological polar surface area (TPSA) is 12.9 Å². The average molecular weight is 209 g/mol. The molecule has 0 saturated heterocycles. The number of allylic oxidation sites excluding steroid dienone is 4. The molecule has 1 nitrogen and oxygen atoms in total. The summed E-state index contributed by atoms with van der Waals surface area (Å²) >= 11 is 0. The second-order valence-electron chi connectivity index (χ2n) is 3.68. The fraction of sp³-hybridized carbons (Fsp3) is 0.133. The summed E-state index contributed by atoms with van der Waals surface area (Å²) in [6.45, 7) is 4.10. The summed E-state index contributed by atoms with van der Waals surface area (Å²) in [7, 11) is 0. The Kier molecular flexibility index (Phi) is 3.16. The van der Waals surface area contributed by atoms with Gasteiger partial charge in [-0.1, -0.05) is 30.4 Å². The third-order valence-corrected chi connectivity index (χ3v) is 2.63. The molecule has 0 aliphatic heterocycles. The van der Waals surface area contributed by atoms with E-state index in [2.05, 4.69) is 48.3 Å². The van der Waals surface area contributed by atoms with E-state index >= 15 is 0 Å². The van der Waals surface area contributed by atoms with Crippen molar-refractivity contribution in [2.24, 2.45) is 0 Å². The van der Waals surface area contributed by atoms with Crippen LogP contribution in [0.2, 0.25) is 0 Å². The van der Waals surface area contributed by atoms with Crippen molar-refractivity contribution in [3.63, 3.8) is 0 Å². The van der Waals surface area contributed by atoms with E-state index in [1.165, 1.54) is 21.9 Å². The van der Waals surface area contributed by atoms with Crippen LogP contribution in [0.25, 0.3) is 16.3 Å². The maximum absolute atomic E-state index is 4.12. The summed E-state index contributed by atoms with van der Waals surface area (Å²) in [5.41, 5.74) is 2.50. The van der Waals surface area contributed by atoms with Gasteiger partial charge in [0.25, 0.3) is 0 Å². The smallest absolute Gasteiger partial charge is 0.0346 e. The molecule has 0 atom stereocenters. The lowest BCUT2D eigenvalue weighted by Gasteiger charge is -2.04. The SMILES string of the molecule is C/C=C\C(=C/C)c1ccc2cnccc2c1. The van der Waals surface area contributed by atoms with Gasteiger partial charge in [0, 0.05) is 17.8 Å². The van der Waals surface area contributed by atoms with Crippen LogP contribution in [-0.4, -0.2) is 4.98 Å². The Bertz CT molecular complexity index is 550. The number of fused-ring (bicyclic) bond motifs is 1. The van der Waals surface area contributed by atoms with Crippen LogP contribution in [0.15, 0.2) is 54.9 Å². The summed E-state index contributed by atoms with van der Waals surface area (Å²) in [5.74, 6) is 0. The summed E-state index contributed by atoms with van der Waals surface area (Å²) in [6.07, 6.45) is 10.0. The fourth-order valence-electron chi connectivity index (χ4n) is 1.80. The lowest BCUT2D eigenvalue weighted by Crippen LogP contribution is -1.82. The molecule has 0 N–H and O–H groups in total. The molecule has 1 heteroatoms. The molecule has 2 aromatic rings. The average Bonchev–Trinajstić information content (AvgIpc) is 2.35. The van der Waals surface area contributed by atoms with Crippen molar-refractivity contribution in [1.82, 2.24) is 4.98 Å². The Morgan fingerprint density at radius 2 is 2.00 bits per heavy atom. The van der Waals surface area contributed by atoms with E-state index in [1.807, 2.05) is 25.4 Å². The Hall–Kier alpha value is -1.89. The standard InChI is InChI=1S/C15H15N/c1-3-5-12(4-2)13-6-7-15-11-16-9-8-14(15)10-13/h3-11H,1-2H3/b5-3-,12-4+. The normalized spacial score (nSPS) is 12.5. The van der Waals surface area contributed by atoms with Gasteiger partial charge in [-0.05, 0) is 42.5 Å². The van der Waals surface area contributed by atoms with Gasteiger partial charge in [0.1, 0.15) is 0 Å². The molecular formula is C15H15N. The van der Waals surface area contributed by atoms with Gasteiger partial charge in [-0.15, -0.1) is 0 Å². The third-order valence-electron chi connectivity index (χ3n) is 2.63. The zero-order valence-electron chi connectivity index (χ0n) is 9.64. The molecular weight excluding hydrogens is 194 g/mol. The molecule has 0 amide bonds. The molecule has 1 aromatic heterocycles. The first-order valence-electron chi connectivity index (χ1n) is 5.48. The Labute approximate surface area is 96.1 Å². The minimum atomic E-state index is 1.18. The number of nitrogens with zero attached hydrogens (tertiary/aromatic N) is 1. The van der Waals surface area contributed by atoms with E-state index in [1.54, 1.807) is 0 Å². The van der Waals surface area contributed by atoms with Gasteiger partial charge in [0.15, 0.2) is 0 Å². The van der Waals surface area contributed by atoms with Gasteiger partial charge >= 0.3 is 0 Å². The van der Waals surface area contributed by atoms with Crippen molar-refractivity contribution in [2.75, 3.05) is 0 Å². The highest BCUT2D eigenvalue weighted by atomic mass is 14.6. The Balaban J connectivity index is 2.54. The molecule has 1 aromatic carbocycles.